The number of esters is 3. The van der Waals surface area contributed by atoms with Gasteiger partial charge in [0.15, 0.2) is 11.6 Å². The summed E-state index contributed by atoms with van der Waals surface area (Å²) in [6.45, 7) is 39.0. The number of hydrogen-bond acceptors (Lipinski definition) is 21. The number of hydrogen-bond donors (Lipinski definition) is 6. The van der Waals surface area contributed by atoms with Gasteiger partial charge in [-0.2, -0.15) is 0 Å². The van der Waals surface area contributed by atoms with Crippen molar-refractivity contribution < 1.29 is 104 Å². The molecule has 0 spiro atoms. The number of β-amino-alcohol motifs (C(OH)–C–C–N with tert-alkyl or cyclic N) is 2. The molecule has 0 aromatic carbocycles. The van der Waals surface area contributed by atoms with Gasteiger partial charge in [-0.05, 0) is 206 Å². The maximum atomic E-state index is 14.1. The number of sulfonamides is 2. The number of nitrogens with zero attached hydrogens (tertiary/aromatic N) is 3. The number of Topliss-reactive ketones (excluding diaryl/α,β-unsaturated/α-hetero) is 2. The van der Waals surface area contributed by atoms with E-state index in [4.69, 9.17) is 14.2 Å². The molecule has 3 saturated heterocycles. The average Bonchev–Trinajstić information content (AvgIpc) is 1.58. The summed E-state index contributed by atoms with van der Waals surface area (Å²) in [4.78, 5) is 149. The van der Waals surface area contributed by atoms with Crippen LogP contribution in [-0.4, -0.2) is 200 Å². The van der Waals surface area contributed by atoms with Crippen LogP contribution < -0.4 is 9.44 Å². The van der Waals surface area contributed by atoms with Crippen molar-refractivity contribution in [1.29, 1.82) is 0 Å². The molecule has 0 radical (unpaired) electrons. The number of amides is 5. The minimum atomic E-state index is -3.81. The van der Waals surface area contributed by atoms with E-state index in [9.17, 15) is 90.0 Å². The lowest BCUT2D eigenvalue weighted by atomic mass is 9.82. The standard InChI is InChI=1S/C32H50N2O8S.C30H46N2O8S.C22H37NO6/c1-8-10-11-20(3)14-21(4)25(16-28(37)42-31(5,6)7)29(38)34-19-23(35)15-26(34)27(36)18-32(17-22(32)9-2)30(39)33-43(40,41)24-12-13-24;1-18-8-6-7-9-20-15-30(20,28(37)31-41(38,39)22-10-11-22)16-25(34)24-13-21(33)17-32(24)27(36)23(19(2)12-18)14-26(35)40-29(3,4)5;1-7-8-9-14(2)10-15(3)17(12-19(25)29-22(4,5)6)20(26)23-13-16(24)11-18(23)21(27)28/h8-9,20-26,35H,1-2,10-19H2,3-7H3,(H,33,39);7,9,18-24,33H,6,8,10-17H2,1-5H3,(H,31,37);7,14-18,24H,1,8-13H2,2-6H3,(H,27,28)/b;9-7-;/t20?,21-,22-,23-,25?,26+,32-;18?,19-,20-,21-,23+,24+,30-;14?,15-,16-,17?,18+/m111/s1. The third kappa shape index (κ3) is 27.7. The van der Waals surface area contributed by atoms with E-state index >= 15 is 0 Å². The number of aliphatic carboxylic acids is 1. The van der Waals surface area contributed by atoms with Crippen LogP contribution in [0.1, 0.15) is 252 Å². The zero-order chi connectivity index (χ0) is 85.0. The second-order valence-electron chi connectivity index (χ2n) is 37.2. The number of ketones is 2. The Labute approximate surface area is 670 Å². The summed E-state index contributed by atoms with van der Waals surface area (Å²) in [5.74, 6) is -8.55. The van der Waals surface area contributed by atoms with Crippen molar-refractivity contribution >= 4 is 85.0 Å². The van der Waals surface area contributed by atoms with E-state index in [1.807, 2.05) is 45.1 Å². The number of carboxylic acid groups (broad SMARTS) is 1. The predicted molar refractivity (Wildman–Crippen MR) is 425 cm³/mol. The Hall–Kier alpha value is -6.69. The molecule has 4 saturated carbocycles. The summed E-state index contributed by atoms with van der Waals surface area (Å²) >= 11 is 0. The Morgan fingerprint density at radius 3 is 1.51 bits per heavy atom. The zero-order valence-corrected chi connectivity index (χ0v) is 71.3. The number of likely N-dealkylation sites (tertiary alicyclic amines) is 2. The topological polar surface area (TPSA) is 398 Å². The highest BCUT2D eigenvalue weighted by atomic mass is 32.2. The monoisotopic (exact) mass is 1630 g/mol. The molecule has 29 heteroatoms. The molecule has 4 aliphatic carbocycles. The Bertz CT molecular complexity index is 3720. The highest BCUT2D eigenvalue weighted by molar-refractivity contribution is 7.91. The normalized spacial score (nSPS) is 29.3. The third-order valence-corrected chi connectivity index (χ3v) is 26.9. The quantitative estimate of drug-likeness (QED) is 0.0213. The molecule has 27 nitrogen and oxygen atoms in total. The summed E-state index contributed by atoms with van der Waals surface area (Å²) in [5, 5.41) is 39.3. The van der Waals surface area contributed by atoms with Crippen molar-refractivity contribution in [3.05, 3.63) is 50.1 Å². The highest BCUT2D eigenvalue weighted by Crippen LogP contribution is 2.58. The molecular formula is C84H133N5O22S2. The average molecular weight is 1630 g/mol. The molecule has 638 valence electrons. The van der Waals surface area contributed by atoms with Crippen LogP contribution >= 0.6 is 0 Å². The number of aliphatic hydroxyl groups is 3. The Morgan fingerprint density at radius 1 is 0.619 bits per heavy atom. The van der Waals surface area contributed by atoms with Crippen LogP contribution in [-0.2, 0) is 87.0 Å². The number of carbonyl (C=O) groups excluding carboxylic acids is 10. The first-order valence-corrected chi connectivity index (χ1v) is 43.9. The maximum absolute atomic E-state index is 14.1. The first kappa shape index (κ1) is 95.2. The fourth-order valence-corrected chi connectivity index (χ4v) is 19.5. The number of ether oxygens (including phenoxy) is 3. The first-order chi connectivity index (χ1) is 52.3. The van der Waals surface area contributed by atoms with Gasteiger partial charge in [0.1, 0.15) is 22.8 Å². The lowest BCUT2D eigenvalue weighted by molar-refractivity contribution is -0.161. The molecule has 7 fully saturated rings. The number of allylic oxidation sites excluding steroid dienone is 5. The second-order valence-corrected chi connectivity index (χ2v) is 41.1. The molecule has 0 aromatic rings. The molecular weight excluding hydrogens is 1500 g/mol. The van der Waals surface area contributed by atoms with Gasteiger partial charge in [-0.1, -0.05) is 71.9 Å². The van der Waals surface area contributed by atoms with Gasteiger partial charge >= 0.3 is 23.9 Å². The van der Waals surface area contributed by atoms with Crippen LogP contribution in [0.4, 0.5) is 0 Å². The van der Waals surface area contributed by atoms with Gasteiger partial charge < -0.3 is 49.3 Å². The van der Waals surface area contributed by atoms with Gasteiger partial charge in [-0.25, -0.2) is 21.6 Å². The Kier molecular flexibility index (Phi) is 33.3. The van der Waals surface area contributed by atoms with Crippen molar-refractivity contribution in [2.24, 2.45) is 75.9 Å². The van der Waals surface area contributed by atoms with Crippen molar-refractivity contribution in [2.75, 3.05) is 19.6 Å². The zero-order valence-electron chi connectivity index (χ0n) is 69.7. The van der Waals surface area contributed by atoms with Crippen molar-refractivity contribution in [3.8, 4) is 0 Å². The minimum absolute atomic E-state index is 0.00431. The third-order valence-electron chi connectivity index (χ3n) is 23.2. The molecule has 6 N–H and O–H groups in total. The number of carbonyl (C=O) groups is 11. The van der Waals surface area contributed by atoms with Gasteiger partial charge in [0.05, 0.1) is 88.7 Å². The van der Waals surface area contributed by atoms with Crippen LogP contribution in [0.25, 0.3) is 0 Å². The largest absolute Gasteiger partial charge is 0.480 e. The summed E-state index contributed by atoms with van der Waals surface area (Å²) in [6.07, 6.45) is 15.4. The number of aliphatic hydroxyl groups excluding tert-OH is 3. The molecule has 5 unspecified atom stereocenters. The first-order valence-electron chi connectivity index (χ1n) is 40.8. The Balaban J connectivity index is 0.000000270. The fraction of sp³-hybridized carbons (Fsp3) is 0.774. The lowest BCUT2D eigenvalue weighted by Crippen LogP contribution is -2.47. The molecule has 0 aromatic heterocycles. The van der Waals surface area contributed by atoms with Crippen molar-refractivity contribution in [3.63, 3.8) is 0 Å². The number of fused-ring (bicyclic) bond motifs is 2. The molecule has 19 atom stereocenters. The summed E-state index contributed by atoms with van der Waals surface area (Å²) in [5.41, 5.74) is -4.58. The second kappa shape index (κ2) is 39.5. The summed E-state index contributed by atoms with van der Waals surface area (Å²) in [7, 11) is -7.60. The van der Waals surface area contributed by atoms with Gasteiger partial charge in [0.2, 0.25) is 49.6 Å². The van der Waals surface area contributed by atoms with Crippen LogP contribution in [0.15, 0.2) is 50.1 Å². The molecule has 5 amide bonds. The Morgan fingerprint density at radius 2 is 1.07 bits per heavy atom. The number of rotatable bonds is 31. The van der Waals surface area contributed by atoms with E-state index in [0.717, 1.165) is 44.9 Å². The maximum Gasteiger partial charge on any atom is 0.326 e. The molecule has 8 rings (SSSR count). The minimum Gasteiger partial charge on any atom is -0.480 e. The van der Waals surface area contributed by atoms with E-state index < -0.39 is 166 Å². The molecule has 8 aliphatic rings. The molecule has 0 bridgehead atoms. The van der Waals surface area contributed by atoms with Gasteiger partial charge in [-0.3, -0.25) is 57.4 Å². The van der Waals surface area contributed by atoms with E-state index in [0.29, 0.717) is 50.9 Å². The van der Waals surface area contributed by atoms with E-state index in [2.05, 4.69) is 50.0 Å². The summed E-state index contributed by atoms with van der Waals surface area (Å²) in [6, 6.07) is -3.02. The van der Waals surface area contributed by atoms with Crippen LogP contribution in [0.2, 0.25) is 0 Å². The summed E-state index contributed by atoms with van der Waals surface area (Å²) < 4.78 is 71.0. The van der Waals surface area contributed by atoms with E-state index in [-0.39, 0.29) is 131 Å². The van der Waals surface area contributed by atoms with Crippen molar-refractivity contribution in [2.45, 2.75) is 315 Å². The highest BCUT2D eigenvalue weighted by Gasteiger charge is 2.63. The molecule has 4 heterocycles. The van der Waals surface area contributed by atoms with Crippen molar-refractivity contribution in [1.82, 2.24) is 24.1 Å². The molecule has 113 heavy (non-hydrogen) atoms. The fourth-order valence-electron chi connectivity index (χ4n) is 16.7. The number of nitrogens with one attached hydrogen (secondary N) is 2. The van der Waals surface area contributed by atoms with E-state index in [1.165, 1.54) is 14.7 Å². The van der Waals surface area contributed by atoms with Gasteiger partial charge in [-0.15, -0.1) is 19.7 Å². The smallest absolute Gasteiger partial charge is 0.326 e. The number of carboxylic acids is 1. The molecule has 4 aliphatic heterocycles. The SMILES string of the molecule is C=CCCC(C)C[C@@H](C)C(CC(=O)OC(C)(C)C)C(=O)N1C[C@H](O)C[C@H]1C(=O)C[C@]1(C(=O)NS(=O)(=O)C2CC2)C[C@H]1C=C.C=CCCC(C)C[C@@H](C)C(CC(=O)OC(C)(C)C)C(=O)N1C[C@H](O)C[C@H]1C(=O)O.CC1CC/C=C\[C@@H]2C[C@@]2(C(=O)NS(=O)(=O)C2CC2)CC(=O)[C@@H]2C[C@@H](O)CN2C(=O)[C@@H](CC(=O)OC(C)(C)C)[C@H](C)C1. The van der Waals surface area contributed by atoms with E-state index in [1.54, 1.807) is 68.4 Å². The van der Waals surface area contributed by atoms with Crippen LogP contribution in [0.3, 0.4) is 0 Å². The van der Waals surface area contributed by atoms with Gasteiger partial charge in [0.25, 0.3) is 0 Å². The lowest BCUT2D eigenvalue weighted by Gasteiger charge is -2.32. The predicted octanol–water partition coefficient (Wildman–Crippen LogP) is 9.58. The van der Waals surface area contributed by atoms with Crippen LogP contribution in [0, 0.1) is 75.9 Å². The van der Waals surface area contributed by atoms with Crippen LogP contribution in [0.5, 0.6) is 0 Å². The van der Waals surface area contributed by atoms with Gasteiger partial charge in [0, 0.05) is 51.7 Å².